The first-order valence-electron chi connectivity index (χ1n) is 5.07. The first kappa shape index (κ1) is 11.3. The third-order valence-electron chi connectivity index (χ3n) is 2.09. The number of nitrogens with two attached hydrogens (primary N) is 1. The van der Waals surface area contributed by atoms with Gasteiger partial charge in [0, 0.05) is 25.1 Å². The van der Waals surface area contributed by atoms with E-state index in [0.29, 0.717) is 17.9 Å². The molecule has 82 valence electrons. The lowest BCUT2D eigenvalue weighted by molar-refractivity contribution is 0.187. The van der Waals surface area contributed by atoms with Crippen LogP contribution in [0.2, 0.25) is 0 Å². The summed E-state index contributed by atoms with van der Waals surface area (Å²) in [6.45, 7) is 6.56. The predicted octanol–water partition coefficient (Wildman–Crippen LogP) is -0.160. The molecule has 0 aromatic heterocycles. The van der Waals surface area contributed by atoms with Crippen LogP contribution in [0, 0.1) is 5.92 Å². The number of nitrogens with zero attached hydrogens (tertiary/aromatic N) is 1. The van der Waals surface area contributed by atoms with Gasteiger partial charge in [0.05, 0.1) is 6.61 Å². The third-order valence-corrected chi connectivity index (χ3v) is 2.09. The van der Waals surface area contributed by atoms with Crippen LogP contribution in [0.5, 0.6) is 0 Å². The van der Waals surface area contributed by atoms with Gasteiger partial charge in [0.1, 0.15) is 0 Å². The molecule has 1 rings (SSSR count). The molecule has 1 aliphatic heterocycles. The van der Waals surface area contributed by atoms with Crippen LogP contribution < -0.4 is 16.6 Å². The molecule has 0 amide bonds. The van der Waals surface area contributed by atoms with Gasteiger partial charge in [-0.25, -0.2) is 5.84 Å². The van der Waals surface area contributed by atoms with E-state index in [1.54, 1.807) is 0 Å². The Balaban J connectivity index is 2.30. The molecule has 1 aliphatic rings. The van der Waals surface area contributed by atoms with Crippen LogP contribution >= 0.6 is 0 Å². The second kappa shape index (κ2) is 5.82. The van der Waals surface area contributed by atoms with E-state index in [0.717, 1.165) is 26.2 Å². The molecule has 1 heterocycles. The van der Waals surface area contributed by atoms with Gasteiger partial charge in [-0.3, -0.25) is 10.4 Å². The first-order valence-corrected chi connectivity index (χ1v) is 5.07. The van der Waals surface area contributed by atoms with Gasteiger partial charge in [0.25, 0.3) is 0 Å². The topological polar surface area (TPSA) is 71.7 Å². The third kappa shape index (κ3) is 3.93. The average Bonchev–Trinajstić information content (AvgIpc) is 2.64. The average molecular weight is 200 g/mol. The van der Waals surface area contributed by atoms with Crippen LogP contribution in [-0.4, -0.2) is 31.8 Å². The van der Waals surface area contributed by atoms with Crippen molar-refractivity contribution in [3.8, 4) is 0 Å². The van der Waals surface area contributed by atoms with E-state index < -0.39 is 0 Å². The van der Waals surface area contributed by atoms with Gasteiger partial charge < -0.3 is 10.1 Å². The van der Waals surface area contributed by atoms with Crippen LogP contribution in [0.4, 0.5) is 0 Å². The fraction of sp³-hybridized carbons (Fsp3) is 0.889. The zero-order valence-electron chi connectivity index (χ0n) is 8.92. The minimum atomic E-state index is 0.338. The van der Waals surface area contributed by atoms with E-state index >= 15 is 0 Å². The molecule has 0 aromatic carbocycles. The van der Waals surface area contributed by atoms with Crippen molar-refractivity contribution in [1.82, 2.24) is 10.7 Å². The van der Waals surface area contributed by atoms with Crippen LogP contribution in [0.3, 0.4) is 0 Å². The summed E-state index contributed by atoms with van der Waals surface area (Å²) in [7, 11) is 0. The number of ether oxygens (including phenoxy) is 1. The Morgan fingerprint density at radius 1 is 1.64 bits per heavy atom. The fourth-order valence-corrected chi connectivity index (χ4v) is 1.35. The molecule has 0 radical (unpaired) electrons. The Labute approximate surface area is 85.1 Å². The minimum absolute atomic E-state index is 0.338. The number of nitrogens with one attached hydrogen (secondary N) is 2. The second-order valence-electron chi connectivity index (χ2n) is 3.86. The summed E-state index contributed by atoms with van der Waals surface area (Å²) in [6, 6.07) is 0.338. The summed E-state index contributed by atoms with van der Waals surface area (Å²) >= 11 is 0. The SMILES string of the molecule is CC(C)NC(=NCC1CCOC1)NN. The Morgan fingerprint density at radius 3 is 2.93 bits per heavy atom. The predicted molar refractivity (Wildman–Crippen MR) is 56.8 cm³/mol. The van der Waals surface area contributed by atoms with Crippen LogP contribution in [0.1, 0.15) is 20.3 Å². The van der Waals surface area contributed by atoms with Crippen LogP contribution in [0.25, 0.3) is 0 Å². The molecule has 0 aromatic rings. The quantitative estimate of drug-likeness (QED) is 0.256. The highest BCUT2D eigenvalue weighted by Gasteiger charge is 2.14. The van der Waals surface area contributed by atoms with Crippen molar-refractivity contribution < 1.29 is 4.74 Å². The lowest BCUT2D eigenvalue weighted by Gasteiger charge is -2.12. The van der Waals surface area contributed by atoms with E-state index in [1.807, 2.05) is 13.8 Å². The van der Waals surface area contributed by atoms with Crippen molar-refractivity contribution in [2.45, 2.75) is 26.3 Å². The maximum atomic E-state index is 5.33. The Morgan fingerprint density at radius 2 is 2.43 bits per heavy atom. The number of hydrazine groups is 1. The van der Waals surface area contributed by atoms with E-state index in [2.05, 4.69) is 15.7 Å². The van der Waals surface area contributed by atoms with Crippen molar-refractivity contribution in [2.24, 2.45) is 16.8 Å². The molecule has 0 spiro atoms. The van der Waals surface area contributed by atoms with Gasteiger partial charge in [-0.1, -0.05) is 0 Å². The molecule has 4 N–H and O–H groups in total. The summed E-state index contributed by atoms with van der Waals surface area (Å²) in [5.74, 6) is 6.54. The highest BCUT2D eigenvalue weighted by molar-refractivity contribution is 5.79. The van der Waals surface area contributed by atoms with Crippen molar-refractivity contribution in [3.63, 3.8) is 0 Å². The largest absolute Gasteiger partial charge is 0.381 e. The molecule has 1 unspecified atom stereocenters. The number of rotatable bonds is 3. The fourth-order valence-electron chi connectivity index (χ4n) is 1.35. The minimum Gasteiger partial charge on any atom is -0.381 e. The Kier molecular flexibility index (Phi) is 4.69. The number of hydrogen-bond donors (Lipinski definition) is 3. The van der Waals surface area contributed by atoms with E-state index in [1.165, 1.54) is 0 Å². The van der Waals surface area contributed by atoms with Gasteiger partial charge in [-0.2, -0.15) is 0 Å². The van der Waals surface area contributed by atoms with Crippen molar-refractivity contribution >= 4 is 5.96 Å². The summed E-state index contributed by atoms with van der Waals surface area (Å²) in [4.78, 5) is 4.35. The molecule has 0 saturated carbocycles. The lowest BCUT2D eigenvalue weighted by Crippen LogP contribution is -2.44. The summed E-state index contributed by atoms with van der Waals surface area (Å²) in [5.41, 5.74) is 2.56. The van der Waals surface area contributed by atoms with Gasteiger partial charge >= 0.3 is 0 Å². The van der Waals surface area contributed by atoms with Gasteiger partial charge in [0.15, 0.2) is 0 Å². The Bertz CT molecular complexity index is 187. The van der Waals surface area contributed by atoms with Crippen LogP contribution in [0.15, 0.2) is 4.99 Å². The molecule has 1 fully saturated rings. The van der Waals surface area contributed by atoms with E-state index in [4.69, 9.17) is 10.6 Å². The zero-order valence-corrected chi connectivity index (χ0v) is 8.92. The molecule has 0 aliphatic carbocycles. The monoisotopic (exact) mass is 200 g/mol. The summed E-state index contributed by atoms with van der Waals surface area (Å²) in [6.07, 6.45) is 1.10. The maximum Gasteiger partial charge on any atom is 0.205 e. The molecule has 1 atom stereocenters. The molecule has 14 heavy (non-hydrogen) atoms. The lowest BCUT2D eigenvalue weighted by atomic mass is 10.1. The molecule has 1 saturated heterocycles. The highest BCUT2D eigenvalue weighted by Crippen LogP contribution is 2.11. The van der Waals surface area contributed by atoms with Crippen molar-refractivity contribution in [3.05, 3.63) is 0 Å². The smallest absolute Gasteiger partial charge is 0.205 e. The molecule has 5 nitrogen and oxygen atoms in total. The number of aliphatic imine (C=N–C) groups is 1. The van der Waals surface area contributed by atoms with Gasteiger partial charge in [-0.15, -0.1) is 0 Å². The van der Waals surface area contributed by atoms with Gasteiger partial charge in [-0.05, 0) is 20.3 Å². The normalized spacial score (nSPS) is 22.9. The van der Waals surface area contributed by atoms with Crippen LogP contribution in [-0.2, 0) is 4.74 Å². The molecule has 0 bridgehead atoms. The second-order valence-corrected chi connectivity index (χ2v) is 3.86. The van der Waals surface area contributed by atoms with Gasteiger partial charge in [0.2, 0.25) is 5.96 Å². The first-order chi connectivity index (χ1) is 6.72. The number of guanidine groups is 1. The summed E-state index contributed by atoms with van der Waals surface area (Å²) in [5, 5.41) is 3.13. The highest BCUT2D eigenvalue weighted by atomic mass is 16.5. The molecular formula is C9H20N4O. The molecule has 5 heteroatoms. The van der Waals surface area contributed by atoms with Crippen molar-refractivity contribution in [1.29, 1.82) is 0 Å². The standard InChI is InChI=1S/C9H20N4O/c1-7(2)12-9(13-10)11-5-8-3-4-14-6-8/h7-8H,3-6,10H2,1-2H3,(H2,11,12,13). The Hall–Kier alpha value is -0.810. The molecular weight excluding hydrogens is 180 g/mol. The number of hydrogen-bond acceptors (Lipinski definition) is 3. The zero-order chi connectivity index (χ0) is 10.4. The van der Waals surface area contributed by atoms with E-state index in [9.17, 15) is 0 Å². The summed E-state index contributed by atoms with van der Waals surface area (Å²) < 4.78 is 5.26. The van der Waals surface area contributed by atoms with E-state index in [-0.39, 0.29) is 0 Å². The maximum absolute atomic E-state index is 5.33. The van der Waals surface area contributed by atoms with Crippen molar-refractivity contribution in [2.75, 3.05) is 19.8 Å².